The van der Waals surface area contributed by atoms with Gasteiger partial charge in [0, 0.05) is 23.8 Å². The zero-order valence-corrected chi connectivity index (χ0v) is 9.25. The van der Waals surface area contributed by atoms with Crippen LogP contribution in [0.3, 0.4) is 0 Å². The zero-order valence-electron chi connectivity index (χ0n) is 9.25. The van der Waals surface area contributed by atoms with Gasteiger partial charge in [0.2, 0.25) is 5.91 Å². The molecule has 3 heteroatoms. The normalized spacial score (nSPS) is 19.6. The van der Waals surface area contributed by atoms with Crippen LogP contribution in [0.1, 0.15) is 31.2 Å². The average Bonchev–Trinajstić information content (AvgIpc) is 2.23. The monoisotopic (exact) mass is 216 g/mol. The van der Waals surface area contributed by atoms with Crippen molar-refractivity contribution in [2.45, 2.75) is 38.1 Å². The van der Waals surface area contributed by atoms with Gasteiger partial charge < -0.3 is 10.6 Å². The number of rotatable bonds is 2. The summed E-state index contributed by atoms with van der Waals surface area (Å²) in [7, 11) is 0. The van der Waals surface area contributed by atoms with Crippen molar-refractivity contribution in [2.75, 3.05) is 10.6 Å². The van der Waals surface area contributed by atoms with Crippen LogP contribution in [0.4, 0.5) is 11.4 Å². The van der Waals surface area contributed by atoms with Gasteiger partial charge >= 0.3 is 0 Å². The van der Waals surface area contributed by atoms with Crippen LogP contribution < -0.4 is 10.6 Å². The Morgan fingerprint density at radius 2 is 2.12 bits per heavy atom. The Morgan fingerprint density at radius 1 is 1.25 bits per heavy atom. The van der Waals surface area contributed by atoms with E-state index in [9.17, 15) is 4.79 Å². The van der Waals surface area contributed by atoms with Gasteiger partial charge in [0.1, 0.15) is 0 Å². The van der Waals surface area contributed by atoms with Crippen molar-refractivity contribution < 1.29 is 4.79 Å². The first-order valence-corrected chi connectivity index (χ1v) is 6.00. The maximum atomic E-state index is 11.2. The number of benzene rings is 1. The van der Waals surface area contributed by atoms with Crippen LogP contribution in [0.25, 0.3) is 0 Å². The van der Waals surface area contributed by atoms with Gasteiger partial charge in [0.15, 0.2) is 0 Å². The fourth-order valence-electron chi connectivity index (χ4n) is 2.26. The molecule has 1 aliphatic heterocycles. The van der Waals surface area contributed by atoms with Crippen LogP contribution >= 0.6 is 0 Å². The Morgan fingerprint density at radius 3 is 2.88 bits per heavy atom. The first-order chi connectivity index (χ1) is 7.81. The lowest BCUT2D eigenvalue weighted by Crippen LogP contribution is -2.27. The molecule has 3 rings (SSSR count). The molecular weight excluding hydrogens is 200 g/mol. The number of nitrogens with one attached hydrogen (secondary N) is 2. The second kappa shape index (κ2) is 3.81. The van der Waals surface area contributed by atoms with Crippen molar-refractivity contribution in [1.82, 2.24) is 0 Å². The molecule has 1 aromatic carbocycles. The molecule has 3 nitrogen and oxygen atoms in total. The third-order valence-corrected chi connectivity index (χ3v) is 3.48. The number of aryl methyl sites for hydroxylation is 1. The smallest absolute Gasteiger partial charge is 0.224 e. The lowest BCUT2D eigenvalue weighted by Gasteiger charge is -2.28. The summed E-state index contributed by atoms with van der Waals surface area (Å²) in [5.74, 6) is 0.132. The molecule has 2 N–H and O–H groups in total. The minimum absolute atomic E-state index is 0.132. The van der Waals surface area contributed by atoms with Crippen molar-refractivity contribution in [3.8, 4) is 0 Å². The van der Waals surface area contributed by atoms with E-state index in [-0.39, 0.29) is 5.91 Å². The number of carbonyl (C=O) groups excluding carboxylic acids is 1. The van der Waals surface area contributed by atoms with Crippen molar-refractivity contribution >= 4 is 17.3 Å². The topological polar surface area (TPSA) is 41.1 Å². The van der Waals surface area contributed by atoms with E-state index in [0.717, 1.165) is 12.1 Å². The lowest BCUT2D eigenvalue weighted by atomic mass is 9.92. The molecule has 1 amide bonds. The Kier molecular flexibility index (Phi) is 2.31. The van der Waals surface area contributed by atoms with Gasteiger partial charge in [-0.15, -0.1) is 0 Å². The number of fused-ring (bicyclic) bond motifs is 1. The SMILES string of the molecule is O=C1CCc2cc(NC3CCC3)ccc2N1. The summed E-state index contributed by atoms with van der Waals surface area (Å²) in [6.07, 6.45) is 5.39. The molecule has 84 valence electrons. The van der Waals surface area contributed by atoms with E-state index in [1.54, 1.807) is 0 Å². The van der Waals surface area contributed by atoms with E-state index >= 15 is 0 Å². The second-order valence-corrected chi connectivity index (χ2v) is 4.69. The molecule has 1 saturated carbocycles. The lowest BCUT2D eigenvalue weighted by molar-refractivity contribution is -0.116. The van der Waals surface area contributed by atoms with Gasteiger partial charge in [0.25, 0.3) is 0 Å². The van der Waals surface area contributed by atoms with Crippen molar-refractivity contribution in [3.63, 3.8) is 0 Å². The summed E-state index contributed by atoms with van der Waals surface area (Å²) >= 11 is 0. The van der Waals surface area contributed by atoms with E-state index in [0.29, 0.717) is 12.5 Å². The van der Waals surface area contributed by atoms with Crippen LogP contribution in [0.15, 0.2) is 18.2 Å². The third-order valence-electron chi connectivity index (χ3n) is 3.48. The summed E-state index contributed by atoms with van der Waals surface area (Å²) in [4.78, 5) is 11.2. The molecule has 0 radical (unpaired) electrons. The van der Waals surface area contributed by atoms with E-state index in [1.165, 1.54) is 30.5 Å². The van der Waals surface area contributed by atoms with Crippen molar-refractivity contribution in [1.29, 1.82) is 0 Å². The number of amides is 1. The zero-order chi connectivity index (χ0) is 11.0. The van der Waals surface area contributed by atoms with E-state index < -0.39 is 0 Å². The van der Waals surface area contributed by atoms with Gasteiger partial charge in [0.05, 0.1) is 0 Å². The first-order valence-electron chi connectivity index (χ1n) is 6.00. The van der Waals surface area contributed by atoms with Crippen molar-refractivity contribution in [2.24, 2.45) is 0 Å². The average molecular weight is 216 g/mol. The molecule has 1 aromatic rings. The summed E-state index contributed by atoms with van der Waals surface area (Å²) in [6.45, 7) is 0. The maximum absolute atomic E-state index is 11.2. The molecule has 2 aliphatic rings. The highest BCUT2D eigenvalue weighted by molar-refractivity contribution is 5.94. The molecule has 1 heterocycles. The van der Waals surface area contributed by atoms with Crippen LogP contribution in [-0.2, 0) is 11.2 Å². The highest BCUT2D eigenvalue weighted by Gasteiger charge is 2.18. The number of carbonyl (C=O) groups is 1. The Labute approximate surface area is 95.2 Å². The van der Waals surface area contributed by atoms with Crippen molar-refractivity contribution in [3.05, 3.63) is 23.8 Å². The molecule has 0 bridgehead atoms. The Bertz CT molecular complexity index is 424. The molecule has 0 spiro atoms. The highest BCUT2D eigenvalue weighted by atomic mass is 16.1. The predicted molar refractivity (Wildman–Crippen MR) is 64.7 cm³/mol. The molecule has 16 heavy (non-hydrogen) atoms. The Hall–Kier alpha value is -1.51. The number of hydrogen-bond donors (Lipinski definition) is 2. The third kappa shape index (κ3) is 1.77. The van der Waals surface area contributed by atoms with Gasteiger partial charge in [-0.05, 0) is 49.4 Å². The second-order valence-electron chi connectivity index (χ2n) is 4.69. The van der Waals surface area contributed by atoms with E-state index in [2.05, 4.69) is 22.8 Å². The summed E-state index contributed by atoms with van der Waals surface area (Å²) in [5, 5.41) is 6.43. The van der Waals surface area contributed by atoms with Crippen LogP contribution in [0.2, 0.25) is 0 Å². The predicted octanol–water partition coefficient (Wildman–Crippen LogP) is 2.54. The van der Waals surface area contributed by atoms with Crippen LogP contribution in [0.5, 0.6) is 0 Å². The quantitative estimate of drug-likeness (QED) is 0.797. The van der Waals surface area contributed by atoms with Crippen LogP contribution in [-0.4, -0.2) is 11.9 Å². The van der Waals surface area contributed by atoms with E-state index in [4.69, 9.17) is 0 Å². The standard InChI is InChI=1S/C13H16N2O/c16-13-7-4-9-8-11(5-6-12(9)15-13)14-10-2-1-3-10/h5-6,8,10,14H,1-4,7H2,(H,15,16). The molecule has 1 aliphatic carbocycles. The number of hydrogen-bond acceptors (Lipinski definition) is 2. The van der Waals surface area contributed by atoms with Gasteiger partial charge in [-0.1, -0.05) is 0 Å². The molecular formula is C13H16N2O. The summed E-state index contributed by atoms with van der Waals surface area (Å²) in [5.41, 5.74) is 3.43. The maximum Gasteiger partial charge on any atom is 0.224 e. The minimum Gasteiger partial charge on any atom is -0.382 e. The van der Waals surface area contributed by atoms with E-state index in [1.807, 2.05) is 6.07 Å². The molecule has 0 aromatic heterocycles. The van der Waals surface area contributed by atoms with Gasteiger partial charge in [-0.25, -0.2) is 0 Å². The van der Waals surface area contributed by atoms with Crippen LogP contribution in [0, 0.1) is 0 Å². The Balaban J connectivity index is 1.78. The fourth-order valence-corrected chi connectivity index (χ4v) is 2.26. The minimum atomic E-state index is 0.132. The number of anilines is 2. The molecule has 0 saturated heterocycles. The first kappa shape index (κ1) is 9.70. The fraction of sp³-hybridized carbons (Fsp3) is 0.462. The molecule has 1 fully saturated rings. The van der Waals surface area contributed by atoms with Gasteiger partial charge in [-0.2, -0.15) is 0 Å². The largest absolute Gasteiger partial charge is 0.382 e. The molecule has 0 atom stereocenters. The molecule has 0 unspecified atom stereocenters. The summed E-state index contributed by atoms with van der Waals surface area (Å²) < 4.78 is 0. The highest BCUT2D eigenvalue weighted by Crippen LogP contribution is 2.28. The van der Waals surface area contributed by atoms with Gasteiger partial charge in [-0.3, -0.25) is 4.79 Å². The summed E-state index contributed by atoms with van der Waals surface area (Å²) in [6, 6.07) is 6.90.